The molecule has 0 heterocycles. The first-order chi connectivity index (χ1) is 6.57. The van der Waals surface area contributed by atoms with Gasteiger partial charge in [0.1, 0.15) is 0 Å². The number of aliphatic hydroxyl groups excluding tert-OH is 1. The third-order valence-corrected chi connectivity index (χ3v) is 2.87. The average Bonchev–Trinajstić information content (AvgIpc) is 2.16. The molecule has 0 aliphatic carbocycles. The summed E-state index contributed by atoms with van der Waals surface area (Å²) in [7, 11) is 0. The first kappa shape index (κ1) is 11.4. The third kappa shape index (κ3) is 2.20. The summed E-state index contributed by atoms with van der Waals surface area (Å²) in [5, 5.41) is 18.3. The van der Waals surface area contributed by atoms with Crippen molar-refractivity contribution in [3.05, 3.63) is 28.8 Å². The van der Waals surface area contributed by atoms with Crippen LogP contribution in [0, 0.1) is 0 Å². The summed E-state index contributed by atoms with van der Waals surface area (Å²) in [6.45, 7) is 0. The van der Waals surface area contributed by atoms with Gasteiger partial charge in [0.25, 0.3) is 0 Å². The lowest BCUT2D eigenvalue weighted by Crippen LogP contribution is -2.12. The summed E-state index contributed by atoms with van der Waals surface area (Å²) in [6, 6.07) is 4.99. The number of halogens is 1. The third-order valence-electron chi connectivity index (χ3n) is 1.74. The van der Waals surface area contributed by atoms with Gasteiger partial charge in [0.2, 0.25) is 0 Å². The van der Waals surface area contributed by atoms with E-state index < -0.39 is 12.1 Å². The molecule has 14 heavy (non-hydrogen) atoms. The smallest absolute Gasteiger partial charge is 0.337 e. The van der Waals surface area contributed by atoms with Gasteiger partial charge in [0.15, 0.2) is 6.10 Å². The molecule has 0 aromatic heterocycles. The van der Waals surface area contributed by atoms with Gasteiger partial charge in [-0.15, -0.1) is 11.8 Å². The normalized spacial score (nSPS) is 12.5. The fourth-order valence-corrected chi connectivity index (χ4v) is 2.07. The number of hydrogen-bond acceptors (Lipinski definition) is 3. The molecule has 1 atom stereocenters. The van der Waals surface area contributed by atoms with E-state index in [0.717, 1.165) is 0 Å². The highest BCUT2D eigenvalue weighted by Crippen LogP contribution is 2.32. The molecule has 0 fully saturated rings. The number of thioether (sulfide) groups is 1. The SMILES string of the molecule is CSc1cccc(Cl)c1C(O)C(=O)O. The minimum absolute atomic E-state index is 0.258. The standard InChI is InChI=1S/C9H9ClO3S/c1-14-6-4-2-3-5(10)7(6)8(11)9(12)13/h2-4,8,11H,1H3,(H,12,13). The molecule has 3 nitrogen and oxygen atoms in total. The van der Waals surface area contributed by atoms with Crippen LogP contribution in [0.1, 0.15) is 11.7 Å². The fraction of sp³-hybridized carbons (Fsp3) is 0.222. The molecule has 1 rings (SSSR count). The van der Waals surface area contributed by atoms with Crippen molar-refractivity contribution in [3.63, 3.8) is 0 Å². The highest BCUT2D eigenvalue weighted by molar-refractivity contribution is 7.98. The van der Waals surface area contributed by atoms with Gasteiger partial charge >= 0.3 is 5.97 Å². The van der Waals surface area contributed by atoms with Crippen molar-refractivity contribution in [2.75, 3.05) is 6.26 Å². The van der Waals surface area contributed by atoms with Crippen LogP contribution >= 0.6 is 23.4 Å². The summed E-state index contributed by atoms with van der Waals surface area (Å²) in [5.41, 5.74) is 0.258. The van der Waals surface area contributed by atoms with Crippen LogP contribution < -0.4 is 0 Å². The Morgan fingerprint density at radius 2 is 2.21 bits per heavy atom. The van der Waals surface area contributed by atoms with E-state index in [1.165, 1.54) is 11.8 Å². The van der Waals surface area contributed by atoms with Crippen LogP contribution in [0.3, 0.4) is 0 Å². The Kier molecular flexibility index (Phi) is 3.80. The molecule has 1 aromatic carbocycles. The Morgan fingerprint density at radius 1 is 1.57 bits per heavy atom. The van der Waals surface area contributed by atoms with E-state index in [9.17, 15) is 9.90 Å². The Hall–Kier alpha value is -0.710. The van der Waals surface area contributed by atoms with Crippen LogP contribution in [0.2, 0.25) is 5.02 Å². The number of carboxylic acids is 1. The summed E-state index contributed by atoms with van der Waals surface area (Å²) < 4.78 is 0. The van der Waals surface area contributed by atoms with Crippen molar-refractivity contribution < 1.29 is 15.0 Å². The monoisotopic (exact) mass is 232 g/mol. The van der Waals surface area contributed by atoms with Gasteiger partial charge in [-0.1, -0.05) is 17.7 Å². The molecule has 0 bridgehead atoms. The fourth-order valence-electron chi connectivity index (χ4n) is 1.08. The Balaban J connectivity index is 3.23. The van der Waals surface area contributed by atoms with Gasteiger partial charge in [0.05, 0.1) is 0 Å². The van der Waals surface area contributed by atoms with Crippen molar-refractivity contribution >= 4 is 29.3 Å². The topological polar surface area (TPSA) is 57.5 Å². The summed E-state index contributed by atoms with van der Waals surface area (Å²) in [6.07, 6.45) is 0.232. The molecule has 5 heteroatoms. The molecular formula is C9H9ClO3S. The number of rotatable bonds is 3. The van der Waals surface area contributed by atoms with Crippen molar-refractivity contribution in [3.8, 4) is 0 Å². The van der Waals surface area contributed by atoms with Crippen molar-refractivity contribution in [2.45, 2.75) is 11.0 Å². The van der Waals surface area contributed by atoms with Gasteiger partial charge in [-0.3, -0.25) is 0 Å². The van der Waals surface area contributed by atoms with Gasteiger partial charge in [-0.25, -0.2) is 4.79 Å². The molecule has 0 aliphatic rings. The first-order valence-corrected chi connectivity index (χ1v) is 5.41. The molecule has 0 saturated carbocycles. The van der Waals surface area contributed by atoms with Crippen LogP contribution in [0.4, 0.5) is 0 Å². The Bertz CT molecular complexity index is 354. The van der Waals surface area contributed by atoms with E-state index in [4.69, 9.17) is 16.7 Å². The van der Waals surface area contributed by atoms with Crippen LogP contribution in [-0.2, 0) is 4.79 Å². The van der Waals surface area contributed by atoms with Gasteiger partial charge < -0.3 is 10.2 Å². The predicted molar refractivity (Wildman–Crippen MR) is 55.8 cm³/mol. The highest BCUT2D eigenvalue weighted by Gasteiger charge is 2.21. The van der Waals surface area contributed by atoms with Crippen LogP contribution in [0.5, 0.6) is 0 Å². The quantitative estimate of drug-likeness (QED) is 0.785. The molecule has 2 N–H and O–H groups in total. The van der Waals surface area contributed by atoms with Gasteiger partial charge in [-0.05, 0) is 18.4 Å². The van der Waals surface area contributed by atoms with E-state index in [-0.39, 0.29) is 10.6 Å². The van der Waals surface area contributed by atoms with E-state index in [1.807, 2.05) is 0 Å². The lowest BCUT2D eigenvalue weighted by atomic mass is 10.1. The zero-order valence-electron chi connectivity index (χ0n) is 7.40. The van der Waals surface area contributed by atoms with Crippen LogP contribution in [0.25, 0.3) is 0 Å². The zero-order valence-corrected chi connectivity index (χ0v) is 8.97. The number of aliphatic hydroxyl groups is 1. The molecule has 1 unspecified atom stereocenters. The maximum atomic E-state index is 10.6. The molecular weight excluding hydrogens is 224 g/mol. The second-order valence-electron chi connectivity index (χ2n) is 2.60. The number of carboxylic acid groups (broad SMARTS) is 1. The maximum Gasteiger partial charge on any atom is 0.337 e. The van der Waals surface area contributed by atoms with E-state index in [0.29, 0.717) is 4.90 Å². The second-order valence-corrected chi connectivity index (χ2v) is 3.85. The molecule has 0 radical (unpaired) electrons. The highest BCUT2D eigenvalue weighted by atomic mass is 35.5. The van der Waals surface area contributed by atoms with Crippen LogP contribution in [0.15, 0.2) is 23.1 Å². The molecule has 76 valence electrons. The summed E-state index contributed by atoms with van der Waals surface area (Å²) >= 11 is 7.16. The number of benzene rings is 1. The second kappa shape index (κ2) is 4.68. The van der Waals surface area contributed by atoms with Crippen molar-refractivity contribution in [2.24, 2.45) is 0 Å². The average molecular weight is 233 g/mol. The maximum absolute atomic E-state index is 10.6. The van der Waals surface area contributed by atoms with Crippen molar-refractivity contribution in [1.82, 2.24) is 0 Å². The van der Waals surface area contributed by atoms with Gasteiger partial charge in [-0.2, -0.15) is 0 Å². The largest absolute Gasteiger partial charge is 0.479 e. The minimum atomic E-state index is -1.56. The molecule has 0 amide bonds. The molecule has 0 spiro atoms. The Labute approximate surface area is 90.7 Å². The Morgan fingerprint density at radius 3 is 2.71 bits per heavy atom. The van der Waals surface area contributed by atoms with Crippen molar-refractivity contribution in [1.29, 1.82) is 0 Å². The van der Waals surface area contributed by atoms with E-state index in [1.54, 1.807) is 24.5 Å². The number of carbonyl (C=O) groups is 1. The first-order valence-electron chi connectivity index (χ1n) is 3.81. The zero-order chi connectivity index (χ0) is 10.7. The number of hydrogen-bond donors (Lipinski definition) is 2. The van der Waals surface area contributed by atoms with E-state index >= 15 is 0 Å². The van der Waals surface area contributed by atoms with Gasteiger partial charge in [0, 0.05) is 15.5 Å². The van der Waals surface area contributed by atoms with Crippen LogP contribution in [-0.4, -0.2) is 22.4 Å². The lowest BCUT2D eigenvalue weighted by molar-refractivity contribution is -0.147. The summed E-state index contributed by atoms with van der Waals surface area (Å²) in [5.74, 6) is -1.30. The lowest BCUT2D eigenvalue weighted by Gasteiger charge is -2.11. The predicted octanol–water partition coefficient (Wildman–Crippen LogP) is 2.18. The number of aliphatic carboxylic acids is 1. The van der Waals surface area contributed by atoms with E-state index in [2.05, 4.69) is 0 Å². The minimum Gasteiger partial charge on any atom is -0.479 e. The molecule has 0 saturated heterocycles. The summed E-state index contributed by atoms with van der Waals surface area (Å²) in [4.78, 5) is 11.3. The molecule has 1 aromatic rings. The molecule has 0 aliphatic heterocycles.